The molecule has 12 heteroatoms. The van der Waals surface area contributed by atoms with Crippen LogP contribution in [-0.2, 0) is 12.0 Å². The predicted molar refractivity (Wildman–Crippen MR) is 87.7 cm³/mol. The molecule has 1 aliphatic rings. The maximum atomic E-state index is 14.9. The topological polar surface area (TPSA) is 20.2 Å². The van der Waals surface area contributed by atoms with Gasteiger partial charge in [0.05, 0.1) is 5.60 Å². The lowest BCUT2D eigenvalue weighted by atomic mass is 9.67. The van der Waals surface area contributed by atoms with Crippen molar-refractivity contribution in [1.82, 2.24) is 0 Å². The quantitative estimate of drug-likeness (QED) is 0.493. The van der Waals surface area contributed by atoms with Crippen molar-refractivity contribution in [3.8, 4) is 0 Å². The van der Waals surface area contributed by atoms with Gasteiger partial charge in [-0.05, 0) is 30.4 Å². The lowest BCUT2D eigenvalue weighted by molar-refractivity contribution is -0.488. The standard InChI is InChI=1S/C19H19F11O/c1-10(2)8-11-4-6-12(7-5-11)13(3,31)9-14(20)15(21,22)17(25,26)19(29,30)18(27,28)16(14,23)24/h4-7,10,31H,8-9H2,1-3H3. The molecule has 0 aromatic heterocycles. The molecule has 1 aliphatic carbocycles. The Kier molecular flexibility index (Phi) is 5.76. The van der Waals surface area contributed by atoms with E-state index < -0.39 is 52.9 Å². The second kappa shape index (κ2) is 6.95. The largest absolute Gasteiger partial charge is 0.385 e. The summed E-state index contributed by atoms with van der Waals surface area (Å²) >= 11 is 0. The summed E-state index contributed by atoms with van der Waals surface area (Å²) in [6, 6.07) is 4.54. The highest BCUT2D eigenvalue weighted by molar-refractivity contribution is 5.31. The van der Waals surface area contributed by atoms with Gasteiger partial charge in [-0.2, -0.15) is 43.9 Å². The third-order valence-electron chi connectivity index (χ3n) is 5.38. The van der Waals surface area contributed by atoms with E-state index in [1.165, 1.54) is 12.1 Å². The molecule has 2 rings (SSSR count). The summed E-state index contributed by atoms with van der Waals surface area (Å²) in [6.07, 6.45) is -2.23. The van der Waals surface area contributed by atoms with Crippen LogP contribution in [0.5, 0.6) is 0 Å². The molecule has 178 valence electrons. The van der Waals surface area contributed by atoms with Crippen LogP contribution in [0.3, 0.4) is 0 Å². The first-order valence-electron chi connectivity index (χ1n) is 9.00. The van der Waals surface area contributed by atoms with Gasteiger partial charge >= 0.3 is 29.6 Å². The van der Waals surface area contributed by atoms with Crippen molar-refractivity contribution in [3.63, 3.8) is 0 Å². The Morgan fingerprint density at radius 3 is 1.42 bits per heavy atom. The molecule has 1 saturated carbocycles. The minimum Gasteiger partial charge on any atom is -0.385 e. The summed E-state index contributed by atoms with van der Waals surface area (Å²) < 4.78 is 152. The zero-order chi connectivity index (χ0) is 24.5. The van der Waals surface area contributed by atoms with Crippen LogP contribution >= 0.6 is 0 Å². The van der Waals surface area contributed by atoms with E-state index in [-0.39, 0.29) is 5.92 Å². The van der Waals surface area contributed by atoms with Crippen molar-refractivity contribution in [2.24, 2.45) is 5.92 Å². The molecule has 0 aliphatic heterocycles. The lowest BCUT2D eigenvalue weighted by Crippen LogP contribution is -2.84. The van der Waals surface area contributed by atoms with E-state index >= 15 is 0 Å². The van der Waals surface area contributed by atoms with E-state index in [4.69, 9.17) is 0 Å². The highest BCUT2D eigenvalue weighted by Crippen LogP contribution is 2.71. The molecule has 1 aromatic carbocycles. The Labute approximate surface area is 170 Å². The Bertz CT molecular complexity index is 783. The molecule has 0 saturated heterocycles. The Balaban J connectivity index is 2.59. The number of hydrogen-bond donors (Lipinski definition) is 1. The van der Waals surface area contributed by atoms with E-state index in [0.29, 0.717) is 18.9 Å². The normalized spacial score (nSPS) is 27.0. The van der Waals surface area contributed by atoms with Crippen LogP contribution < -0.4 is 0 Å². The highest BCUT2D eigenvalue weighted by atomic mass is 19.4. The minimum atomic E-state index is -7.27. The summed E-state index contributed by atoms with van der Waals surface area (Å²) in [7, 11) is 0. The van der Waals surface area contributed by atoms with Crippen LogP contribution in [-0.4, -0.2) is 40.4 Å². The fraction of sp³-hybridized carbons (Fsp3) is 0.684. The van der Waals surface area contributed by atoms with Crippen molar-refractivity contribution >= 4 is 0 Å². The smallest absolute Gasteiger partial charge is 0.384 e. The zero-order valence-electron chi connectivity index (χ0n) is 16.4. The SMILES string of the molecule is CC(C)Cc1ccc(C(C)(O)CC2(F)C(F)(F)C(F)(F)C(F)(F)C(F)(F)C2(F)F)cc1. The van der Waals surface area contributed by atoms with Gasteiger partial charge in [0.1, 0.15) is 0 Å². The van der Waals surface area contributed by atoms with E-state index in [9.17, 15) is 53.4 Å². The van der Waals surface area contributed by atoms with Crippen molar-refractivity contribution in [2.45, 2.75) is 74.5 Å². The van der Waals surface area contributed by atoms with Crippen LogP contribution in [0, 0.1) is 5.92 Å². The Morgan fingerprint density at radius 2 is 1.06 bits per heavy atom. The average Bonchev–Trinajstić information content (AvgIpc) is 2.59. The first-order chi connectivity index (χ1) is 13.6. The maximum absolute atomic E-state index is 14.9. The molecule has 1 aromatic rings. The fourth-order valence-corrected chi connectivity index (χ4v) is 3.56. The first-order valence-corrected chi connectivity index (χ1v) is 9.00. The van der Waals surface area contributed by atoms with E-state index in [1.807, 2.05) is 13.8 Å². The van der Waals surface area contributed by atoms with Gasteiger partial charge in [-0.3, -0.25) is 0 Å². The van der Waals surface area contributed by atoms with E-state index in [2.05, 4.69) is 0 Å². The molecular weight excluding hydrogens is 453 g/mol. The van der Waals surface area contributed by atoms with Crippen molar-refractivity contribution < 1.29 is 53.4 Å². The van der Waals surface area contributed by atoms with Crippen LogP contribution in [0.1, 0.15) is 38.3 Å². The fourth-order valence-electron chi connectivity index (χ4n) is 3.56. The second-order valence-corrected chi connectivity index (χ2v) is 8.42. The molecule has 1 N–H and O–H groups in total. The van der Waals surface area contributed by atoms with E-state index in [0.717, 1.165) is 12.1 Å². The third kappa shape index (κ3) is 3.22. The van der Waals surface area contributed by atoms with Crippen LogP contribution in [0.2, 0.25) is 0 Å². The van der Waals surface area contributed by atoms with Crippen LogP contribution in [0.25, 0.3) is 0 Å². The summed E-state index contributed by atoms with van der Waals surface area (Å²) in [5.74, 6) is -35.4. The number of alkyl halides is 11. The van der Waals surface area contributed by atoms with Gasteiger partial charge in [0.2, 0.25) is 0 Å². The third-order valence-corrected chi connectivity index (χ3v) is 5.38. The molecule has 0 heterocycles. The summed E-state index contributed by atoms with van der Waals surface area (Å²) in [5, 5.41) is 10.3. The molecule has 31 heavy (non-hydrogen) atoms. The van der Waals surface area contributed by atoms with Crippen molar-refractivity contribution in [1.29, 1.82) is 0 Å². The molecule has 0 radical (unpaired) electrons. The molecule has 1 unspecified atom stereocenters. The number of benzene rings is 1. The molecule has 0 amide bonds. The molecule has 0 bridgehead atoms. The molecule has 1 fully saturated rings. The average molecular weight is 472 g/mol. The van der Waals surface area contributed by atoms with Gasteiger partial charge in [-0.1, -0.05) is 38.1 Å². The summed E-state index contributed by atoms with van der Waals surface area (Å²) in [5.41, 5.74) is -9.28. The molecule has 1 nitrogen and oxygen atoms in total. The predicted octanol–water partition coefficient (Wildman–Crippen LogP) is 6.38. The molecule has 1 atom stereocenters. The van der Waals surface area contributed by atoms with Crippen molar-refractivity contribution in [3.05, 3.63) is 35.4 Å². The number of hydrogen-bond acceptors (Lipinski definition) is 1. The summed E-state index contributed by atoms with van der Waals surface area (Å²) in [6.45, 7) is 4.11. The lowest BCUT2D eigenvalue weighted by Gasteiger charge is -2.53. The van der Waals surface area contributed by atoms with Gasteiger partial charge < -0.3 is 5.11 Å². The molecule has 0 spiro atoms. The maximum Gasteiger partial charge on any atom is 0.384 e. The van der Waals surface area contributed by atoms with Gasteiger partial charge in [-0.25, -0.2) is 4.39 Å². The van der Waals surface area contributed by atoms with E-state index in [1.54, 1.807) is 0 Å². The Hall–Kier alpha value is -1.59. The van der Waals surface area contributed by atoms with Gasteiger partial charge in [0, 0.05) is 6.42 Å². The van der Waals surface area contributed by atoms with Crippen LogP contribution in [0.15, 0.2) is 24.3 Å². The van der Waals surface area contributed by atoms with Gasteiger partial charge in [-0.15, -0.1) is 0 Å². The monoisotopic (exact) mass is 472 g/mol. The number of rotatable bonds is 5. The zero-order valence-corrected chi connectivity index (χ0v) is 16.4. The van der Waals surface area contributed by atoms with Gasteiger partial charge in [0.15, 0.2) is 0 Å². The molecular formula is C19H19F11O. The van der Waals surface area contributed by atoms with Gasteiger partial charge in [0.25, 0.3) is 5.67 Å². The number of aliphatic hydroxyl groups is 1. The van der Waals surface area contributed by atoms with Crippen molar-refractivity contribution in [2.75, 3.05) is 0 Å². The second-order valence-electron chi connectivity index (χ2n) is 8.42. The highest BCUT2D eigenvalue weighted by Gasteiger charge is 3.01. The number of halogens is 11. The summed E-state index contributed by atoms with van der Waals surface area (Å²) in [4.78, 5) is 0. The first kappa shape index (κ1) is 25.7. The van der Waals surface area contributed by atoms with Crippen LogP contribution in [0.4, 0.5) is 48.3 Å². The Morgan fingerprint density at radius 1 is 0.710 bits per heavy atom. The minimum absolute atomic E-state index is 0.145.